The monoisotopic (exact) mass is 536 g/mol. The van der Waals surface area contributed by atoms with Gasteiger partial charge >= 0.3 is 0 Å². The second kappa shape index (κ2) is 13.9. The molecule has 4 aromatic rings. The summed E-state index contributed by atoms with van der Waals surface area (Å²) in [5.74, 6) is -0.670. The first-order valence-electron chi connectivity index (χ1n) is 10.8. The van der Waals surface area contributed by atoms with Gasteiger partial charge in [-0.3, -0.25) is 9.11 Å². The fourth-order valence-corrected chi connectivity index (χ4v) is 3.91. The Morgan fingerprint density at radius 1 is 0.694 bits per heavy atom. The van der Waals surface area contributed by atoms with E-state index in [0.29, 0.717) is 11.1 Å². The van der Waals surface area contributed by atoms with Gasteiger partial charge < -0.3 is 10.2 Å². The molecular formula is C26H32O8S2. The van der Waals surface area contributed by atoms with Gasteiger partial charge in [0.25, 0.3) is 20.2 Å². The molecule has 4 rings (SSSR count). The smallest absolute Gasteiger partial charge is 0.269 e. The number of hydrogen-bond donors (Lipinski definition) is 4. The van der Waals surface area contributed by atoms with E-state index in [0.717, 1.165) is 17.9 Å². The summed E-state index contributed by atoms with van der Waals surface area (Å²) >= 11 is 0. The average Bonchev–Trinajstić information content (AvgIpc) is 2.84. The molecule has 8 nitrogen and oxygen atoms in total. The van der Waals surface area contributed by atoms with E-state index >= 15 is 0 Å². The van der Waals surface area contributed by atoms with Crippen molar-refractivity contribution < 1.29 is 36.2 Å². The van der Waals surface area contributed by atoms with Gasteiger partial charge in [-0.1, -0.05) is 66.7 Å². The molecule has 0 atom stereocenters. The van der Waals surface area contributed by atoms with Gasteiger partial charge in [0.2, 0.25) is 0 Å². The number of benzene rings is 4. The number of aromatic hydroxyl groups is 1. The Hall–Kier alpha value is -3.02. The molecule has 0 bridgehead atoms. The maximum absolute atomic E-state index is 10.9. The van der Waals surface area contributed by atoms with E-state index < -0.39 is 26.0 Å². The molecule has 0 saturated heterocycles. The summed E-state index contributed by atoms with van der Waals surface area (Å²) in [5, 5.41) is 20.9. The highest BCUT2D eigenvalue weighted by molar-refractivity contribution is 7.85. The number of hydrogen-bond acceptors (Lipinski definition) is 6. The minimum atomic E-state index is -4.11. The van der Waals surface area contributed by atoms with Crippen LogP contribution in [0.15, 0.2) is 72.8 Å². The second-order valence-corrected chi connectivity index (χ2v) is 10.8. The molecule has 0 heterocycles. The highest BCUT2D eigenvalue weighted by atomic mass is 32.2. The van der Waals surface area contributed by atoms with Crippen molar-refractivity contribution in [3.8, 4) is 5.75 Å². The lowest BCUT2D eigenvalue weighted by Crippen LogP contribution is -2.02. The quantitative estimate of drug-likeness (QED) is 0.270. The van der Waals surface area contributed by atoms with Gasteiger partial charge in [-0.05, 0) is 65.1 Å². The minimum Gasteiger partial charge on any atom is -0.508 e. The number of phenolic OH excluding ortho intramolecular Hbond substituents is 1. The average molecular weight is 537 g/mol. The van der Waals surface area contributed by atoms with Crippen LogP contribution in [-0.2, 0) is 26.0 Å². The number of aliphatic hydroxyl groups excluding tert-OH is 1. The maximum atomic E-state index is 10.9. The number of fused-ring (bicyclic) bond motifs is 2. The van der Waals surface area contributed by atoms with Gasteiger partial charge in [0.15, 0.2) is 0 Å². The fraction of sp³-hybridized carbons (Fsp3) is 0.231. The molecule has 4 N–H and O–H groups in total. The Bertz CT molecular complexity index is 1490. The Balaban J connectivity index is 0.000000292. The van der Waals surface area contributed by atoms with Crippen LogP contribution in [0.25, 0.3) is 21.5 Å². The van der Waals surface area contributed by atoms with Crippen LogP contribution in [0.2, 0.25) is 0 Å². The van der Waals surface area contributed by atoms with Gasteiger partial charge in [-0.25, -0.2) is 0 Å². The molecule has 0 unspecified atom stereocenters. The number of aryl methyl sites for hydroxylation is 2. The number of rotatable bonds is 3. The molecule has 0 radical (unpaired) electrons. The van der Waals surface area contributed by atoms with Crippen LogP contribution in [0.1, 0.15) is 23.6 Å². The van der Waals surface area contributed by atoms with E-state index in [4.69, 9.17) is 14.2 Å². The van der Waals surface area contributed by atoms with Gasteiger partial charge in [-0.2, -0.15) is 16.8 Å². The second-order valence-electron chi connectivity index (χ2n) is 7.62. The fourth-order valence-electron chi connectivity index (χ4n) is 3.28. The zero-order valence-corrected chi connectivity index (χ0v) is 22.2. The van der Waals surface area contributed by atoms with Crippen LogP contribution in [0, 0.1) is 13.8 Å². The normalized spacial score (nSPS) is 10.9. The van der Waals surface area contributed by atoms with E-state index in [9.17, 15) is 21.9 Å². The van der Waals surface area contributed by atoms with Crippen molar-refractivity contribution in [2.45, 2.75) is 26.5 Å². The predicted molar refractivity (Wildman–Crippen MR) is 145 cm³/mol. The Morgan fingerprint density at radius 3 is 1.67 bits per heavy atom. The molecule has 0 aromatic heterocycles. The van der Waals surface area contributed by atoms with Crippen LogP contribution in [0.4, 0.5) is 0 Å². The highest BCUT2D eigenvalue weighted by Crippen LogP contribution is 2.30. The summed E-state index contributed by atoms with van der Waals surface area (Å²) in [6.45, 7) is 5.27. The standard InChI is InChI=1S/C12H12O4S.C11H10.C2H6O3S.CH4O/c1-8-10-4-2-3-5-11(10)9(6-12(8)13)7-17(14,15)16;1-9-5-4-7-10-6-2-3-8-11(9)10;1-2-6(3,4)5;1-2/h2-6,13H,7H2,1H3,(H,14,15,16);2-8H,1H3;2H2,1H3,(H,3,4,5);2H,1H3. The number of aliphatic hydroxyl groups is 1. The Morgan fingerprint density at radius 2 is 1.17 bits per heavy atom. The zero-order chi connectivity index (χ0) is 27.5. The molecule has 196 valence electrons. The van der Waals surface area contributed by atoms with Crippen molar-refractivity contribution in [3.63, 3.8) is 0 Å². The topological polar surface area (TPSA) is 149 Å². The van der Waals surface area contributed by atoms with Crippen LogP contribution in [0.3, 0.4) is 0 Å². The van der Waals surface area contributed by atoms with Crippen molar-refractivity contribution in [1.29, 1.82) is 0 Å². The van der Waals surface area contributed by atoms with Gasteiger partial charge in [0, 0.05) is 7.11 Å². The van der Waals surface area contributed by atoms with Gasteiger partial charge in [0.1, 0.15) is 11.5 Å². The third-order valence-electron chi connectivity index (χ3n) is 5.08. The molecule has 0 fully saturated rings. The summed E-state index contributed by atoms with van der Waals surface area (Å²) in [5.41, 5.74) is 2.44. The molecule has 0 saturated carbocycles. The number of phenols is 1. The van der Waals surface area contributed by atoms with Crippen molar-refractivity contribution >= 4 is 41.8 Å². The molecular weight excluding hydrogens is 504 g/mol. The molecule has 0 spiro atoms. The predicted octanol–water partition coefficient (Wildman–Crippen LogP) is 4.89. The van der Waals surface area contributed by atoms with Crippen molar-refractivity contribution in [3.05, 3.63) is 89.5 Å². The first-order chi connectivity index (χ1) is 16.8. The van der Waals surface area contributed by atoms with E-state index in [1.54, 1.807) is 25.1 Å². The first kappa shape index (κ1) is 31.0. The van der Waals surface area contributed by atoms with Crippen LogP contribution in [0.5, 0.6) is 5.75 Å². The molecule has 4 aromatic carbocycles. The van der Waals surface area contributed by atoms with E-state index in [2.05, 4.69) is 49.4 Å². The molecule has 0 aliphatic heterocycles. The van der Waals surface area contributed by atoms with E-state index in [1.807, 2.05) is 6.07 Å². The van der Waals surface area contributed by atoms with Gasteiger partial charge in [-0.15, -0.1) is 0 Å². The Labute approximate surface area is 212 Å². The van der Waals surface area contributed by atoms with Crippen LogP contribution >= 0.6 is 0 Å². The maximum Gasteiger partial charge on any atom is 0.269 e. The largest absolute Gasteiger partial charge is 0.508 e. The highest BCUT2D eigenvalue weighted by Gasteiger charge is 2.13. The SMILES string of the molecule is CCS(=O)(=O)O.CO.Cc1c(O)cc(CS(=O)(=O)O)c2ccccc12.Cc1cccc2ccccc12. The summed E-state index contributed by atoms with van der Waals surface area (Å²) < 4.78 is 57.6. The van der Waals surface area contributed by atoms with Gasteiger partial charge in [0.05, 0.1) is 5.75 Å². The third-order valence-corrected chi connectivity index (χ3v) is 6.49. The van der Waals surface area contributed by atoms with Crippen molar-refractivity contribution in [2.75, 3.05) is 12.9 Å². The van der Waals surface area contributed by atoms with E-state index in [-0.39, 0.29) is 11.5 Å². The summed E-state index contributed by atoms with van der Waals surface area (Å²) in [4.78, 5) is 0. The summed E-state index contributed by atoms with van der Waals surface area (Å²) in [6.07, 6.45) is 0. The summed E-state index contributed by atoms with van der Waals surface area (Å²) in [7, 11) is -6.77. The first-order valence-corrected chi connectivity index (χ1v) is 14.0. The Kier molecular flexibility index (Phi) is 12.0. The lowest BCUT2D eigenvalue weighted by Gasteiger charge is -2.09. The molecule has 36 heavy (non-hydrogen) atoms. The minimum absolute atomic E-state index is 0.0300. The van der Waals surface area contributed by atoms with Crippen molar-refractivity contribution in [2.24, 2.45) is 0 Å². The molecule has 0 amide bonds. The third kappa shape index (κ3) is 9.92. The van der Waals surface area contributed by atoms with Crippen LogP contribution in [-0.4, -0.2) is 49.0 Å². The summed E-state index contributed by atoms with van der Waals surface area (Å²) in [6, 6.07) is 23.4. The lowest BCUT2D eigenvalue weighted by molar-refractivity contribution is 0.399. The molecule has 0 aliphatic rings. The van der Waals surface area contributed by atoms with Crippen molar-refractivity contribution in [1.82, 2.24) is 0 Å². The van der Waals surface area contributed by atoms with E-state index in [1.165, 1.54) is 29.3 Å². The molecule has 0 aliphatic carbocycles. The zero-order valence-electron chi connectivity index (χ0n) is 20.6. The molecule has 10 heteroatoms. The van der Waals surface area contributed by atoms with Crippen LogP contribution < -0.4 is 0 Å². The lowest BCUT2D eigenvalue weighted by atomic mass is 10.0.